The highest BCUT2D eigenvalue weighted by Crippen LogP contribution is 2.12. The van der Waals surface area contributed by atoms with Crippen LogP contribution in [0.15, 0.2) is 12.7 Å². The molecule has 0 fully saturated rings. The number of aliphatic hydroxyl groups is 1. The van der Waals surface area contributed by atoms with Gasteiger partial charge in [-0.1, -0.05) is 77.2 Å². The van der Waals surface area contributed by atoms with E-state index in [-0.39, 0.29) is 19.8 Å². The van der Waals surface area contributed by atoms with Crippen molar-refractivity contribution in [2.45, 2.75) is 95.3 Å². The quantitative estimate of drug-likeness (QED) is 0.100. The Bertz CT molecular complexity index is 634. The zero-order valence-corrected chi connectivity index (χ0v) is 20.7. The highest BCUT2D eigenvalue weighted by molar-refractivity contribution is 7.87. The Morgan fingerprint density at radius 3 is 1.97 bits per heavy atom. The summed E-state index contributed by atoms with van der Waals surface area (Å²) in [6.07, 6.45) is 12.0. The van der Waals surface area contributed by atoms with E-state index in [2.05, 4.69) is 13.5 Å². The van der Waals surface area contributed by atoms with E-state index < -0.39 is 46.4 Å². The fourth-order valence-corrected chi connectivity index (χ4v) is 3.74. The standard InChI is InChI=1S/C23H42O9S/c1-3-5-6-7-8-9-10-11-12-13-14-16-31-22(25)17-21(33(27,28)29)23(26)32-19-20(24)18-30-15-4-2/h4,20-21,24H,2-3,5-19H2,1H3,(H,27,28,29). The van der Waals surface area contributed by atoms with Crippen molar-refractivity contribution in [1.82, 2.24) is 0 Å². The van der Waals surface area contributed by atoms with Gasteiger partial charge in [-0.25, -0.2) is 0 Å². The van der Waals surface area contributed by atoms with E-state index in [0.29, 0.717) is 6.42 Å². The average Bonchev–Trinajstić information content (AvgIpc) is 2.76. The van der Waals surface area contributed by atoms with Crippen LogP contribution in [0, 0.1) is 0 Å². The topological polar surface area (TPSA) is 136 Å². The maximum Gasteiger partial charge on any atom is 0.327 e. The molecular weight excluding hydrogens is 452 g/mol. The van der Waals surface area contributed by atoms with Crippen LogP contribution in [0.3, 0.4) is 0 Å². The summed E-state index contributed by atoms with van der Waals surface area (Å²) in [5.74, 6) is -2.26. The molecule has 2 N–H and O–H groups in total. The summed E-state index contributed by atoms with van der Waals surface area (Å²) in [6.45, 7) is 5.24. The van der Waals surface area contributed by atoms with E-state index in [9.17, 15) is 27.7 Å². The first-order valence-corrected chi connectivity index (χ1v) is 13.4. The number of esters is 2. The molecule has 0 aromatic rings. The number of rotatable bonds is 22. The molecule has 2 atom stereocenters. The molecule has 0 saturated heterocycles. The van der Waals surface area contributed by atoms with Crippen LogP contribution in [0.2, 0.25) is 0 Å². The first-order chi connectivity index (χ1) is 15.7. The first kappa shape index (κ1) is 31.5. The van der Waals surface area contributed by atoms with Gasteiger partial charge in [0.25, 0.3) is 10.1 Å². The predicted molar refractivity (Wildman–Crippen MR) is 125 cm³/mol. The zero-order valence-electron chi connectivity index (χ0n) is 19.9. The van der Waals surface area contributed by atoms with Gasteiger partial charge >= 0.3 is 11.9 Å². The van der Waals surface area contributed by atoms with Gasteiger partial charge in [0.05, 0.1) is 26.2 Å². The molecule has 10 heteroatoms. The van der Waals surface area contributed by atoms with Crippen molar-refractivity contribution in [3.8, 4) is 0 Å². The summed E-state index contributed by atoms with van der Waals surface area (Å²) >= 11 is 0. The molecule has 0 spiro atoms. The lowest BCUT2D eigenvalue weighted by Gasteiger charge is -2.15. The zero-order chi connectivity index (χ0) is 25.0. The van der Waals surface area contributed by atoms with Gasteiger partial charge in [-0.15, -0.1) is 6.58 Å². The minimum atomic E-state index is -4.89. The third kappa shape index (κ3) is 18.6. The third-order valence-corrected chi connectivity index (χ3v) is 6.03. The summed E-state index contributed by atoms with van der Waals surface area (Å²) < 4.78 is 46.9. The van der Waals surface area contributed by atoms with Crippen LogP contribution in [-0.2, 0) is 33.9 Å². The molecule has 0 heterocycles. The number of ether oxygens (including phenoxy) is 3. The third-order valence-electron chi connectivity index (χ3n) is 4.95. The van der Waals surface area contributed by atoms with E-state index in [4.69, 9.17) is 14.2 Å². The van der Waals surface area contributed by atoms with Gasteiger partial charge in [-0.2, -0.15) is 8.42 Å². The summed E-state index contributed by atoms with van der Waals surface area (Å²) in [6, 6.07) is 0. The van der Waals surface area contributed by atoms with Gasteiger partial charge in [0.15, 0.2) is 5.25 Å². The van der Waals surface area contributed by atoms with Crippen LogP contribution in [0.5, 0.6) is 0 Å². The SMILES string of the molecule is C=CCOCC(O)COC(=O)C(CC(=O)OCCCCCCCCCCCCC)S(=O)(=O)O. The number of hydrogen-bond acceptors (Lipinski definition) is 8. The van der Waals surface area contributed by atoms with Gasteiger partial charge in [0.2, 0.25) is 0 Å². The van der Waals surface area contributed by atoms with Gasteiger partial charge in [0.1, 0.15) is 12.7 Å². The second-order valence-electron chi connectivity index (χ2n) is 8.07. The maximum absolute atomic E-state index is 12.0. The molecule has 0 aliphatic heterocycles. The Morgan fingerprint density at radius 2 is 1.45 bits per heavy atom. The largest absolute Gasteiger partial charge is 0.466 e. The fourth-order valence-electron chi connectivity index (χ4n) is 3.08. The maximum atomic E-state index is 12.0. The predicted octanol–water partition coefficient (Wildman–Crippen LogP) is 3.59. The molecular formula is C23H42O9S. The Labute approximate surface area is 198 Å². The van der Waals surface area contributed by atoms with Crippen molar-refractivity contribution >= 4 is 22.1 Å². The average molecular weight is 495 g/mol. The molecule has 0 aromatic heterocycles. The van der Waals surface area contributed by atoms with Crippen molar-refractivity contribution in [3.05, 3.63) is 12.7 Å². The number of hydrogen-bond donors (Lipinski definition) is 2. The fraction of sp³-hybridized carbons (Fsp3) is 0.826. The molecule has 0 radical (unpaired) electrons. The molecule has 0 aromatic carbocycles. The monoisotopic (exact) mass is 494 g/mol. The Hall–Kier alpha value is -1.49. The molecule has 0 amide bonds. The van der Waals surface area contributed by atoms with E-state index in [1.807, 2.05) is 0 Å². The lowest BCUT2D eigenvalue weighted by molar-refractivity contribution is -0.152. The number of aliphatic hydroxyl groups excluding tert-OH is 1. The molecule has 194 valence electrons. The summed E-state index contributed by atoms with van der Waals surface area (Å²) in [4.78, 5) is 23.9. The van der Waals surface area contributed by atoms with E-state index in [0.717, 1.165) is 19.3 Å². The molecule has 0 rings (SSSR count). The normalized spacial score (nSPS) is 13.3. The lowest BCUT2D eigenvalue weighted by Crippen LogP contribution is -2.36. The van der Waals surface area contributed by atoms with Crippen LogP contribution < -0.4 is 0 Å². The Balaban J connectivity index is 4.06. The molecule has 0 aliphatic carbocycles. The number of carbonyl (C=O) groups is 2. The van der Waals surface area contributed by atoms with Crippen LogP contribution >= 0.6 is 0 Å². The molecule has 33 heavy (non-hydrogen) atoms. The van der Waals surface area contributed by atoms with Gasteiger partial charge < -0.3 is 19.3 Å². The first-order valence-electron chi connectivity index (χ1n) is 11.9. The highest BCUT2D eigenvalue weighted by Gasteiger charge is 2.35. The second kappa shape index (κ2) is 19.9. The van der Waals surface area contributed by atoms with E-state index >= 15 is 0 Å². The van der Waals surface area contributed by atoms with E-state index in [1.165, 1.54) is 51.0 Å². The highest BCUT2D eigenvalue weighted by atomic mass is 32.2. The van der Waals surface area contributed by atoms with Crippen LogP contribution in [-0.4, -0.2) is 67.8 Å². The van der Waals surface area contributed by atoms with Crippen LogP contribution in [0.25, 0.3) is 0 Å². The van der Waals surface area contributed by atoms with Gasteiger partial charge in [0, 0.05) is 0 Å². The summed E-state index contributed by atoms with van der Waals surface area (Å²) in [7, 11) is -4.89. The smallest absolute Gasteiger partial charge is 0.327 e. The summed E-state index contributed by atoms with van der Waals surface area (Å²) in [5, 5.41) is 7.52. The number of carbonyl (C=O) groups excluding carboxylic acids is 2. The number of unbranched alkanes of at least 4 members (excludes halogenated alkanes) is 10. The Kier molecular flexibility index (Phi) is 19.0. The van der Waals surface area contributed by atoms with Gasteiger partial charge in [-0.3, -0.25) is 14.1 Å². The Morgan fingerprint density at radius 1 is 0.909 bits per heavy atom. The van der Waals surface area contributed by atoms with Gasteiger partial charge in [-0.05, 0) is 6.42 Å². The molecule has 0 saturated carbocycles. The molecule has 9 nitrogen and oxygen atoms in total. The van der Waals surface area contributed by atoms with Crippen molar-refractivity contribution in [1.29, 1.82) is 0 Å². The van der Waals surface area contributed by atoms with Crippen molar-refractivity contribution in [3.63, 3.8) is 0 Å². The lowest BCUT2D eigenvalue weighted by atomic mass is 10.1. The van der Waals surface area contributed by atoms with Crippen molar-refractivity contribution in [2.24, 2.45) is 0 Å². The van der Waals surface area contributed by atoms with Crippen LogP contribution in [0.1, 0.15) is 84.0 Å². The summed E-state index contributed by atoms with van der Waals surface area (Å²) in [5.41, 5.74) is 0. The molecule has 0 bridgehead atoms. The minimum Gasteiger partial charge on any atom is -0.466 e. The second-order valence-corrected chi connectivity index (χ2v) is 9.67. The van der Waals surface area contributed by atoms with Crippen LogP contribution in [0.4, 0.5) is 0 Å². The van der Waals surface area contributed by atoms with E-state index in [1.54, 1.807) is 0 Å². The molecule has 0 aliphatic rings. The van der Waals surface area contributed by atoms with Crippen molar-refractivity contribution < 1.29 is 41.9 Å². The minimum absolute atomic E-state index is 0.114. The molecule has 2 unspecified atom stereocenters. The van der Waals surface area contributed by atoms with Crippen molar-refractivity contribution in [2.75, 3.05) is 26.4 Å².